The quantitative estimate of drug-likeness (QED) is 0.246. The minimum atomic E-state index is 0.453. The Labute approximate surface area is 209 Å². The predicted octanol–water partition coefficient (Wildman–Crippen LogP) is 9.13. The number of rotatable bonds is 11. The van der Waals surface area contributed by atoms with Crippen LogP contribution in [0.15, 0.2) is 42.5 Å². The SMILES string of the molecule is CCCCCCCc1ccc(C#CC2CCC(c3ccc(CCCCC)cc3)CC2)c(C#N)c1. The van der Waals surface area contributed by atoms with Gasteiger partial charge in [-0.25, -0.2) is 0 Å². The van der Waals surface area contributed by atoms with Crippen LogP contribution in [0.1, 0.15) is 125 Å². The van der Waals surface area contributed by atoms with Crippen molar-refractivity contribution in [3.63, 3.8) is 0 Å². The molecule has 0 aromatic heterocycles. The normalized spacial score (nSPS) is 17.6. The van der Waals surface area contributed by atoms with Crippen LogP contribution in [0, 0.1) is 29.1 Å². The molecule has 3 rings (SSSR count). The summed E-state index contributed by atoms with van der Waals surface area (Å²) in [7, 11) is 0. The van der Waals surface area contributed by atoms with E-state index in [1.807, 2.05) is 0 Å². The average molecular weight is 454 g/mol. The molecule has 0 atom stereocenters. The number of benzene rings is 2. The van der Waals surface area contributed by atoms with E-state index in [0.29, 0.717) is 11.8 Å². The van der Waals surface area contributed by atoms with Gasteiger partial charge in [0, 0.05) is 11.5 Å². The van der Waals surface area contributed by atoms with E-state index in [2.05, 4.69) is 74.2 Å². The molecule has 0 unspecified atom stereocenters. The van der Waals surface area contributed by atoms with Crippen molar-refractivity contribution in [2.45, 2.75) is 110 Å². The number of hydrogen-bond donors (Lipinski definition) is 0. The summed E-state index contributed by atoms with van der Waals surface area (Å²) in [5.74, 6) is 7.99. The van der Waals surface area contributed by atoms with E-state index in [9.17, 15) is 5.26 Å². The summed E-state index contributed by atoms with van der Waals surface area (Å²) in [5.41, 5.74) is 5.90. The molecule has 0 N–H and O–H groups in total. The minimum Gasteiger partial charge on any atom is -0.192 e. The van der Waals surface area contributed by atoms with E-state index in [0.717, 1.165) is 30.4 Å². The highest BCUT2D eigenvalue weighted by Crippen LogP contribution is 2.35. The van der Waals surface area contributed by atoms with Gasteiger partial charge in [0.05, 0.1) is 5.56 Å². The third kappa shape index (κ3) is 8.37. The summed E-state index contributed by atoms with van der Waals surface area (Å²) in [4.78, 5) is 0. The molecule has 0 radical (unpaired) electrons. The van der Waals surface area contributed by atoms with E-state index in [4.69, 9.17) is 0 Å². The third-order valence-electron chi connectivity index (χ3n) is 7.43. The van der Waals surface area contributed by atoms with E-state index in [1.54, 1.807) is 0 Å². The van der Waals surface area contributed by atoms with Gasteiger partial charge in [0.2, 0.25) is 0 Å². The highest BCUT2D eigenvalue weighted by molar-refractivity contribution is 5.50. The third-order valence-corrected chi connectivity index (χ3v) is 7.43. The lowest BCUT2D eigenvalue weighted by Gasteiger charge is -2.26. The molecule has 1 heteroatoms. The molecule has 0 aliphatic heterocycles. The lowest BCUT2D eigenvalue weighted by molar-refractivity contribution is 0.384. The Hall–Kier alpha value is -2.51. The van der Waals surface area contributed by atoms with Gasteiger partial charge in [0.25, 0.3) is 0 Å². The van der Waals surface area contributed by atoms with Gasteiger partial charge in [-0.2, -0.15) is 5.26 Å². The molecule has 1 aliphatic carbocycles. The van der Waals surface area contributed by atoms with Gasteiger partial charge in [-0.1, -0.05) is 94.5 Å². The summed E-state index contributed by atoms with van der Waals surface area (Å²) in [5, 5.41) is 9.64. The largest absolute Gasteiger partial charge is 0.192 e. The van der Waals surface area contributed by atoms with E-state index in [1.165, 1.54) is 87.3 Å². The van der Waals surface area contributed by atoms with Crippen molar-refractivity contribution in [2.75, 3.05) is 0 Å². The van der Waals surface area contributed by atoms with Crippen molar-refractivity contribution in [3.05, 3.63) is 70.3 Å². The first-order valence-corrected chi connectivity index (χ1v) is 13.9. The highest BCUT2D eigenvalue weighted by Gasteiger charge is 2.21. The summed E-state index contributed by atoms with van der Waals surface area (Å²) in [6, 6.07) is 18.1. The zero-order valence-corrected chi connectivity index (χ0v) is 21.5. The van der Waals surface area contributed by atoms with E-state index >= 15 is 0 Å². The molecule has 1 fully saturated rings. The standard InChI is InChI=1S/C33H43N/c1-3-5-7-8-10-12-29-18-24-32(33(25-29)26-34)23-17-28-15-21-31(22-16-28)30-19-13-27(14-20-30)11-9-6-4-2/h13-14,18-20,24-25,28,31H,3-12,15-16,21-22H2,1-2H3. The van der Waals surface area contributed by atoms with E-state index < -0.39 is 0 Å². The number of nitrogens with zero attached hydrogens (tertiary/aromatic N) is 1. The molecule has 0 amide bonds. The average Bonchev–Trinajstić information content (AvgIpc) is 2.88. The predicted molar refractivity (Wildman–Crippen MR) is 145 cm³/mol. The lowest BCUT2D eigenvalue weighted by atomic mass is 9.78. The van der Waals surface area contributed by atoms with Crippen molar-refractivity contribution in [2.24, 2.45) is 5.92 Å². The maximum atomic E-state index is 9.64. The Bertz CT molecular complexity index is 958. The number of unbranched alkanes of at least 4 members (excludes halogenated alkanes) is 6. The first-order valence-electron chi connectivity index (χ1n) is 13.9. The van der Waals surface area contributed by atoms with Gasteiger partial charge in [-0.05, 0) is 86.1 Å². The van der Waals surface area contributed by atoms with Gasteiger partial charge < -0.3 is 0 Å². The maximum absolute atomic E-state index is 9.64. The van der Waals surface area contributed by atoms with Gasteiger partial charge in [0.15, 0.2) is 0 Å². The van der Waals surface area contributed by atoms with Crippen LogP contribution in [0.3, 0.4) is 0 Å². The molecule has 2 aromatic rings. The van der Waals surface area contributed by atoms with Crippen LogP contribution in [0.5, 0.6) is 0 Å². The van der Waals surface area contributed by atoms with Crippen molar-refractivity contribution in [1.29, 1.82) is 5.26 Å². The molecule has 0 bridgehead atoms. The molecule has 1 nitrogen and oxygen atoms in total. The smallest absolute Gasteiger partial charge is 0.100 e. The molecule has 180 valence electrons. The Morgan fingerprint density at radius 3 is 2.03 bits per heavy atom. The van der Waals surface area contributed by atoms with Crippen molar-refractivity contribution in [3.8, 4) is 17.9 Å². The minimum absolute atomic E-state index is 0.453. The van der Waals surface area contributed by atoms with Crippen LogP contribution in [-0.4, -0.2) is 0 Å². The van der Waals surface area contributed by atoms with Crippen LogP contribution >= 0.6 is 0 Å². The Morgan fingerprint density at radius 2 is 1.32 bits per heavy atom. The van der Waals surface area contributed by atoms with Gasteiger partial charge >= 0.3 is 0 Å². The topological polar surface area (TPSA) is 23.8 Å². The summed E-state index contributed by atoms with van der Waals surface area (Å²) < 4.78 is 0. The molecule has 1 aliphatic rings. The fourth-order valence-corrected chi connectivity index (χ4v) is 5.17. The monoisotopic (exact) mass is 453 g/mol. The zero-order chi connectivity index (χ0) is 24.0. The fourth-order valence-electron chi connectivity index (χ4n) is 5.17. The second kappa shape index (κ2) is 14.7. The first-order chi connectivity index (χ1) is 16.7. The van der Waals surface area contributed by atoms with Crippen molar-refractivity contribution >= 4 is 0 Å². The van der Waals surface area contributed by atoms with E-state index in [-0.39, 0.29) is 0 Å². The summed E-state index contributed by atoms with van der Waals surface area (Å²) in [6.07, 6.45) is 17.4. The molecule has 1 saturated carbocycles. The van der Waals surface area contributed by atoms with Crippen molar-refractivity contribution in [1.82, 2.24) is 0 Å². The lowest BCUT2D eigenvalue weighted by Crippen LogP contribution is -2.12. The molecule has 34 heavy (non-hydrogen) atoms. The van der Waals surface area contributed by atoms with Crippen LogP contribution in [-0.2, 0) is 12.8 Å². The zero-order valence-electron chi connectivity index (χ0n) is 21.5. The van der Waals surface area contributed by atoms with Gasteiger partial charge in [-0.3, -0.25) is 0 Å². The highest BCUT2D eigenvalue weighted by atomic mass is 14.3. The second-order valence-corrected chi connectivity index (χ2v) is 10.2. The number of aryl methyl sites for hydroxylation is 2. The Kier molecular flexibility index (Phi) is 11.3. The molecular weight excluding hydrogens is 410 g/mol. The Balaban J connectivity index is 1.49. The molecule has 0 saturated heterocycles. The van der Waals surface area contributed by atoms with Crippen molar-refractivity contribution < 1.29 is 0 Å². The number of hydrogen-bond acceptors (Lipinski definition) is 1. The van der Waals surface area contributed by atoms with Crippen LogP contribution in [0.25, 0.3) is 0 Å². The Morgan fingerprint density at radius 1 is 0.706 bits per heavy atom. The van der Waals surface area contributed by atoms with Crippen LogP contribution < -0.4 is 0 Å². The summed E-state index contributed by atoms with van der Waals surface area (Å²) in [6.45, 7) is 4.51. The van der Waals surface area contributed by atoms with Crippen LogP contribution in [0.2, 0.25) is 0 Å². The molecule has 2 aromatic carbocycles. The molecule has 0 heterocycles. The molecule has 0 spiro atoms. The fraction of sp³-hybridized carbons (Fsp3) is 0.545. The number of nitriles is 1. The van der Waals surface area contributed by atoms with Crippen LogP contribution in [0.4, 0.5) is 0 Å². The first kappa shape index (κ1) is 26.1. The second-order valence-electron chi connectivity index (χ2n) is 10.2. The maximum Gasteiger partial charge on any atom is 0.100 e. The van der Waals surface area contributed by atoms with Gasteiger partial charge in [0.1, 0.15) is 6.07 Å². The van der Waals surface area contributed by atoms with Gasteiger partial charge in [-0.15, -0.1) is 0 Å². The summed E-state index contributed by atoms with van der Waals surface area (Å²) >= 11 is 0. The molecular formula is C33H43N.